The van der Waals surface area contributed by atoms with Gasteiger partial charge in [0, 0.05) is 19.2 Å². The van der Waals surface area contributed by atoms with Crippen LogP contribution in [-0.2, 0) is 4.74 Å². The fourth-order valence-electron chi connectivity index (χ4n) is 3.51. The summed E-state index contributed by atoms with van der Waals surface area (Å²) < 4.78 is 18.7. The van der Waals surface area contributed by atoms with Crippen molar-refractivity contribution in [3.63, 3.8) is 0 Å². The van der Waals surface area contributed by atoms with E-state index >= 15 is 0 Å². The van der Waals surface area contributed by atoms with Gasteiger partial charge in [-0.25, -0.2) is 4.39 Å². The van der Waals surface area contributed by atoms with Crippen molar-refractivity contribution in [3.8, 4) is 0 Å². The largest absolute Gasteiger partial charge is 0.387 e. The standard InChI is InChI=1S/C20H32FNO2.ClH/c1-20(2,12-11-15-7-9-18(24-3)10-8-15)22-14-19(23)16-5-4-6-17(21)13-16;/h4-6,13,15,18-19,22-23H,7-12,14H2,1-3H3;1H. The zero-order valence-electron chi connectivity index (χ0n) is 15.6. The average Bonchev–Trinajstić information content (AvgIpc) is 2.58. The van der Waals surface area contributed by atoms with Crippen LogP contribution in [-0.4, -0.2) is 30.4 Å². The van der Waals surface area contributed by atoms with Gasteiger partial charge in [-0.15, -0.1) is 12.4 Å². The normalized spacial score (nSPS) is 22.3. The lowest BCUT2D eigenvalue weighted by Gasteiger charge is -2.32. The van der Waals surface area contributed by atoms with Gasteiger partial charge < -0.3 is 15.2 Å². The van der Waals surface area contributed by atoms with Crippen LogP contribution in [0.15, 0.2) is 24.3 Å². The van der Waals surface area contributed by atoms with Gasteiger partial charge in [0.2, 0.25) is 0 Å². The van der Waals surface area contributed by atoms with Gasteiger partial charge in [-0.1, -0.05) is 12.1 Å². The van der Waals surface area contributed by atoms with Crippen LogP contribution < -0.4 is 5.32 Å². The van der Waals surface area contributed by atoms with E-state index in [0.717, 1.165) is 12.3 Å². The van der Waals surface area contributed by atoms with E-state index in [-0.39, 0.29) is 23.8 Å². The number of hydrogen-bond acceptors (Lipinski definition) is 3. The summed E-state index contributed by atoms with van der Waals surface area (Å²) in [5.74, 6) is 0.475. The number of hydrogen-bond donors (Lipinski definition) is 2. The Morgan fingerprint density at radius 1 is 1.28 bits per heavy atom. The molecule has 1 aromatic rings. The van der Waals surface area contributed by atoms with E-state index in [9.17, 15) is 9.50 Å². The summed E-state index contributed by atoms with van der Waals surface area (Å²) in [4.78, 5) is 0. The molecule has 0 amide bonds. The maximum absolute atomic E-state index is 13.2. The molecule has 144 valence electrons. The number of rotatable bonds is 8. The van der Waals surface area contributed by atoms with Gasteiger partial charge in [0.05, 0.1) is 12.2 Å². The fraction of sp³-hybridized carbons (Fsp3) is 0.700. The molecule has 0 saturated heterocycles. The number of β-amino-alcohol motifs (C(OH)–C–C–N with tert-alkyl or cyclic N) is 1. The lowest BCUT2D eigenvalue weighted by molar-refractivity contribution is 0.0539. The molecule has 2 rings (SSSR count). The van der Waals surface area contributed by atoms with Gasteiger partial charge in [-0.2, -0.15) is 0 Å². The molecule has 0 aromatic heterocycles. The van der Waals surface area contributed by atoms with Gasteiger partial charge in [-0.3, -0.25) is 0 Å². The van der Waals surface area contributed by atoms with Crippen molar-refractivity contribution in [2.45, 2.75) is 70.1 Å². The summed E-state index contributed by atoms with van der Waals surface area (Å²) >= 11 is 0. The fourth-order valence-corrected chi connectivity index (χ4v) is 3.51. The number of nitrogens with one attached hydrogen (secondary N) is 1. The number of halogens is 2. The van der Waals surface area contributed by atoms with E-state index in [1.54, 1.807) is 12.1 Å². The third-order valence-corrected chi connectivity index (χ3v) is 5.31. The summed E-state index contributed by atoms with van der Waals surface area (Å²) in [6.07, 6.45) is 6.89. The SMILES string of the molecule is COC1CCC(CCC(C)(C)NCC(O)c2cccc(F)c2)CC1.Cl. The first-order valence-electron chi connectivity index (χ1n) is 9.11. The predicted molar refractivity (Wildman–Crippen MR) is 103 cm³/mol. The zero-order chi connectivity index (χ0) is 17.6. The minimum absolute atomic E-state index is 0. The molecule has 1 unspecified atom stereocenters. The van der Waals surface area contributed by atoms with Crippen LogP contribution in [0, 0.1) is 11.7 Å². The number of benzene rings is 1. The molecule has 0 heterocycles. The number of aliphatic hydroxyl groups is 1. The maximum Gasteiger partial charge on any atom is 0.123 e. The van der Waals surface area contributed by atoms with Crippen LogP contribution in [0.25, 0.3) is 0 Å². The lowest BCUT2D eigenvalue weighted by Crippen LogP contribution is -2.42. The molecule has 1 aliphatic carbocycles. The van der Waals surface area contributed by atoms with Crippen molar-refractivity contribution < 1.29 is 14.2 Å². The van der Waals surface area contributed by atoms with E-state index in [2.05, 4.69) is 19.2 Å². The average molecular weight is 374 g/mol. The van der Waals surface area contributed by atoms with E-state index in [1.165, 1.54) is 44.2 Å². The Labute approximate surface area is 157 Å². The van der Waals surface area contributed by atoms with E-state index in [0.29, 0.717) is 18.2 Å². The van der Waals surface area contributed by atoms with Gasteiger partial charge >= 0.3 is 0 Å². The van der Waals surface area contributed by atoms with Crippen LogP contribution in [0.4, 0.5) is 4.39 Å². The Bertz CT molecular complexity index is 504. The van der Waals surface area contributed by atoms with Crippen molar-refractivity contribution in [2.75, 3.05) is 13.7 Å². The van der Waals surface area contributed by atoms with E-state index < -0.39 is 6.10 Å². The second-order valence-electron chi connectivity index (χ2n) is 7.75. The summed E-state index contributed by atoms with van der Waals surface area (Å²) in [6.45, 7) is 4.78. The highest BCUT2D eigenvalue weighted by Gasteiger charge is 2.24. The minimum atomic E-state index is -0.683. The number of aliphatic hydroxyl groups excluding tert-OH is 1. The molecule has 0 bridgehead atoms. The predicted octanol–water partition coefficient (Wildman–Crippen LogP) is 4.63. The molecule has 3 nitrogen and oxygen atoms in total. The van der Waals surface area contributed by atoms with Gasteiger partial charge in [-0.05, 0) is 76.0 Å². The van der Waals surface area contributed by atoms with Crippen LogP contribution in [0.5, 0.6) is 0 Å². The molecule has 0 radical (unpaired) electrons. The zero-order valence-corrected chi connectivity index (χ0v) is 16.4. The van der Waals surface area contributed by atoms with Gasteiger partial charge in [0.25, 0.3) is 0 Å². The lowest BCUT2D eigenvalue weighted by atomic mass is 9.82. The molecule has 0 spiro atoms. The first kappa shape index (κ1) is 22.4. The van der Waals surface area contributed by atoms with E-state index in [4.69, 9.17) is 4.74 Å². The summed E-state index contributed by atoms with van der Waals surface area (Å²) in [5, 5.41) is 13.7. The quantitative estimate of drug-likeness (QED) is 0.697. The molecule has 1 atom stereocenters. The van der Waals surface area contributed by atoms with Crippen molar-refractivity contribution in [1.29, 1.82) is 0 Å². The molecule has 1 aliphatic rings. The van der Waals surface area contributed by atoms with Crippen molar-refractivity contribution in [3.05, 3.63) is 35.6 Å². The summed E-state index contributed by atoms with van der Waals surface area (Å²) in [7, 11) is 1.81. The van der Waals surface area contributed by atoms with Crippen LogP contribution in [0.2, 0.25) is 0 Å². The molecular weight excluding hydrogens is 341 g/mol. The van der Waals surface area contributed by atoms with Crippen LogP contribution >= 0.6 is 12.4 Å². The van der Waals surface area contributed by atoms with Crippen LogP contribution in [0.1, 0.15) is 64.0 Å². The molecule has 2 N–H and O–H groups in total. The van der Waals surface area contributed by atoms with Gasteiger partial charge in [0.15, 0.2) is 0 Å². The van der Waals surface area contributed by atoms with Crippen molar-refractivity contribution in [1.82, 2.24) is 5.32 Å². The first-order chi connectivity index (χ1) is 11.4. The molecule has 25 heavy (non-hydrogen) atoms. The maximum atomic E-state index is 13.2. The highest BCUT2D eigenvalue weighted by atomic mass is 35.5. The van der Waals surface area contributed by atoms with Crippen LogP contribution in [0.3, 0.4) is 0 Å². The molecular formula is C20H33ClFNO2. The Hall–Kier alpha value is -0.680. The molecule has 0 aliphatic heterocycles. The molecule has 5 heteroatoms. The first-order valence-corrected chi connectivity index (χ1v) is 9.11. The number of methoxy groups -OCH3 is 1. The third kappa shape index (κ3) is 7.61. The van der Waals surface area contributed by atoms with Gasteiger partial charge in [0.1, 0.15) is 5.82 Å². The smallest absolute Gasteiger partial charge is 0.123 e. The molecule has 1 saturated carbocycles. The van der Waals surface area contributed by atoms with Crippen molar-refractivity contribution >= 4 is 12.4 Å². The third-order valence-electron chi connectivity index (χ3n) is 5.31. The Kier molecular flexibility index (Phi) is 9.36. The second-order valence-corrected chi connectivity index (χ2v) is 7.75. The minimum Gasteiger partial charge on any atom is -0.387 e. The van der Waals surface area contributed by atoms with Crippen molar-refractivity contribution in [2.24, 2.45) is 5.92 Å². The Balaban J connectivity index is 0.00000312. The molecule has 1 aromatic carbocycles. The topological polar surface area (TPSA) is 41.5 Å². The molecule has 1 fully saturated rings. The summed E-state index contributed by atoms with van der Waals surface area (Å²) in [6, 6.07) is 6.19. The number of ether oxygens (including phenoxy) is 1. The Morgan fingerprint density at radius 3 is 2.56 bits per heavy atom. The second kappa shape index (κ2) is 10.5. The highest BCUT2D eigenvalue weighted by Crippen LogP contribution is 2.31. The Morgan fingerprint density at radius 2 is 1.96 bits per heavy atom. The van der Waals surface area contributed by atoms with E-state index in [1.807, 2.05) is 7.11 Å². The summed E-state index contributed by atoms with van der Waals surface area (Å²) in [5.41, 5.74) is 0.586. The highest BCUT2D eigenvalue weighted by molar-refractivity contribution is 5.85. The monoisotopic (exact) mass is 373 g/mol.